The van der Waals surface area contributed by atoms with E-state index in [1.807, 2.05) is 0 Å². The van der Waals surface area contributed by atoms with Crippen LogP contribution in [0.5, 0.6) is 11.5 Å². The number of carboxylic acid groups (broad SMARTS) is 1. The standard InChI is InChI=1S/C18H25BN3O7/c23-15(7-12-8-20-5-6-21-12)22-9-13(10-22)28-14-2-1-11-3-4-19(26,27)29-17(11)16(14)18(24)25/h1-2,12-13,20-21,26-27H,3-10H2,(H,24,25)/q-1. The van der Waals surface area contributed by atoms with Crippen LogP contribution in [-0.2, 0) is 11.2 Å². The van der Waals surface area contributed by atoms with E-state index in [1.54, 1.807) is 17.0 Å². The summed E-state index contributed by atoms with van der Waals surface area (Å²) in [5, 5.41) is 35.8. The van der Waals surface area contributed by atoms with E-state index in [0.29, 0.717) is 31.5 Å². The first-order valence-corrected chi connectivity index (χ1v) is 9.89. The van der Waals surface area contributed by atoms with Crippen molar-refractivity contribution in [3.63, 3.8) is 0 Å². The number of likely N-dealkylation sites (tertiary alicyclic amines) is 1. The number of carbonyl (C=O) groups excluding carboxylic acids is 1. The summed E-state index contributed by atoms with van der Waals surface area (Å²) in [6.45, 7) is 0.174. The number of amides is 1. The average Bonchev–Trinajstić information content (AvgIpc) is 2.63. The van der Waals surface area contributed by atoms with E-state index in [-0.39, 0.29) is 41.4 Å². The maximum atomic E-state index is 12.4. The number of nitrogens with one attached hydrogen (secondary N) is 2. The van der Waals surface area contributed by atoms with Crippen molar-refractivity contribution >= 4 is 18.6 Å². The predicted octanol–water partition coefficient (Wildman–Crippen LogP) is -1.22. The zero-order valence-electron chi connectivity index (χ0n) is 16.0. The molecule has 4 rings (SSSR count). The molecule has 0 saturated carbocycles. The Kier molecular flexibility index (Phi) is 5.39. The second-order valence-corrected chi connectivity index (χ2v) is 7.84. The SMILES string of the molecule is O=C(O)c1c(OC2CN(C(=O)CC3CNCCN3)C2)ccc2c1O[B-](O)(O)CC2. The Hall–Kier alpha value is -2.34. The lowest BCUT2D eigenvalue weighted by Crippen LogP contribution is -2.58. The van der Waals surface area contributed by atoms with Crippen molar-refractivity contribution < 1.29 is 34.1 Å². The van der Waals surface area contributed by atoms with Gasteiger partial charge in [-0.25, -0.2) is 4.79 Å². The third-order valence-electron chi connectivity index (χ3n) is 5.55. The van der Waals surface area contributed by atoms with Crippen molar-refractivity contribution in [2.24, 2.45) is 0 Å². The summed E-state index contributed by atoms with van der Waals surface area (Å²) in [7, 11) is 0. The zero-order valence-corrected chi connectivity index (χ0v) is 16.0. The van der Waals surface area contributed by atoms with Gasteiger partial charge in [-0.15, -0.1) is 0 Å². The summed E-state index contributed by atoms with van der Waals surface area (Å²) in [5.41, 5.74) is 0.369. The fraction of sp³-hybridized carbons (Fsp3) is 0.556. The molecule has 11 heteroatoms. The molecule has 0 spiro atoms. The third kappa shape index (κ3) is 4.32. The molecule has 29 heavy (non-hydrogen) atoms. The lowest BCUT2D eigenvalue weighted by molar-refractivity contribution is -0.140. The molecule has 1 unspecified atom stereocenters. The number of rotatable bonds is 5. The van der Waals surface area contributed by atoms with Crippen molar-refractivity contribution in [2.45, 2.75) is 31.3 Å². The topological polar surface area (TPSA) is 141 Å². The molecule has 3 aliphatic rings. The molecule has 2 saturated heterocycles. The van der Waals surface area contributed by atoms with E-state index in [9.17, 15) is 24.7 Å². The monoisotopic (exact) mass is 406 g/mol. The summed E-state index contributed by atoms with van der Waals surface area (Å²) >= 11 is 0. The van der Waals surface area contributed by atoms with Gasteiger partial charge in [-0.1, -0.05) is 12.4 Å². The Morgan fingerprint density at radius 1 is 1.28 bits per heavy atom. The second kappa shape index (κ2) is 7.83. The van der Waals surface area contributed by atoms with Crippen LogP contribution in [0.2, 0.25) is 6.32 Å². The lowest BCUT2D eigenvalue weighted by atomic mass is 9.70. The number of aromatic carboxylic acids is 1. The molecule has 158 valence electrons. The van der Waals surface area contributed by atoms with Crippen LogP contribution in [0, 0.1) is 0 Å². The predicted molar refractivity (Wildman–Crippen MR) is 103 cm³/mol. The molecule has 10 nitrogen and oxygen atoms in total. The van der Waals surface area contributed by atoms with Crippen molar-refractivity contribution in [1.29, 1.82) is 0 Å². The fourth-order valence-electron chi connectivity index (χ4n) is 3.92. The number of carbonyl (C=O) groups is 2. The molecular weight excluding hydrogens is 381 g/mol. The first-order valence-electron chi connectivity index (χ1n) is 9.89. The van der Waals surface area contributed by atoms with E-state index < -0.39 is 12.7 Å². The normalized spacial score (nSPS) is 23.5. The largest absolute Gasteiger partial charge is 0.669 e. The van der Waals surface area contributed by atoms with E-state index >= 15 is 0 Å². The molecule has 5 N–H and O–H groups in total. The van der Waals surface area contributed by atoms with Gasteiger partial charge in [0, 0.05) is 32.1 Å². The Bertz CT molecular complexity index is 807. The maximum absolute atomic E-state index is 12.4. The lowest BCUT2D eigenvalue weighted by Gasteiger charge is -2.41. The highest BCUT2D eigenvalue weighted by Crippen LogP contribution is 2.38. The summed E-state index contributed by atoms with van der Waals surface area (Å²) < 4.78 is 11.0. The molecule has 0 aliphatic carbocycles. The van der Waals surface area contributed by atoms with Crippen LogP contribution in [0.4, 0.5) is 0 Å². The quantitative estimate of drug-likeness (QED) is 0.381. The van der Waals surface area contributed by atoms with Gasteiger partial charge in [-0.3, -0.25) is 4.79 Å². The highest BCUT2D eigenvalue weighted by atomic mass is 16.6. The van der Waals surface area contributed by atoms with Gasteiger partial charge in [-0.2, -0.15) is 0 Å². The van der Waals surface area contributed by atoms with Gasteiger partial charge in [0.25, 0.3) is 0 Å². The molecule has 3 heterocycles. The Morgan fingerprint density at radius 2 is 2.07 bits per heavy atom. The average molecular weight is 406 g/mol. The van der Waals surface area contributed by atoms with Crippen LogP contribution < -0.4 is 20.0 Å². The van der Waals surface area contributed by atoms with Gasteiger partial charge < -0.3 is 40.1 Å². The number of aryl methyl sites for hydroxylation is 1. The van der Waals surface area contributed by atoms with Crippen LogP contribution >= 0.6 is 0 Å². The van der Waals surface area contributed by atoms with Gasteiger partial charge in [0.05, 0.1) is 18.8 Å². The summed E-state index contributed by atoms with van der Waals surface area (Å²) in [4.78, 5) is 25.8. The number of ether oxygens (including phenoxy) is 1. The van der Waals surface area contributed by atoms with Crippen molar-refractivity contribution in [2.75, 3.05) is 32.7 Å². The van der Waals surface area contributed by atoms with Crippen LogP contribution in [0.3, 0.4) is 0 Å². The van der Waals surface area contributed by atoms with E-state index in [0.717, 1.165) is 19.6 Å². The summed E-state index contributed by atoms with van der Waals surface area (Å²) in [6.07, 6.45) is 0.398. The molecular formula is C18H25BN3O7-. The van der Waals surface area contributed by atoms with Crippen molar-refractivity contribution in [1.82, 2.24) is 15.5 Å². The Morgan fingerprint density at radius 3 is 2.76 bits per heavy atom. The van der Waals surface area contributed by atoms with E-state index in [4.69, 9.17) is 9.39 Å². The van der Waals surface area contributed by atoms with Gasteiger partial charge in [0.15, 0.2) is 0 Å². The van der Waals surface area contributed by atoms with Gasteiger partial charge in [0.2, 0.25) is 5.91 Å². The van der Waals surface area contributed by atoms with Gasteiger partial charge >= 0.3 is 12.7 Å². The van der Waals surface area contributed by atoms with Crippen LogP contribution in [0.15, 0.2) is 12.1 Å². The molecule has 1 atom stereocenters. The molecule has 2 fully saturated rings. The molecule has 3 aliphatic heterocycles. The number of nitrogens with zero attached hydrogens (tertiary/aromatic N) is 1. The maximum Gasteiger partial charge on any atom is 0.430 e. The first-order chi connectivity index (χ1) is 13.8. The highest BCUT2D eigenvalue weighted by molar-refractivity contribution is 6.59. The molecule has 0 aromatic heterocycles. The molecule has 1 amide bonds. The molecule has 0 bridgehead atoms. The minimum atomic E-state index is -3.08. The van der Waals surface area contributed by atoms with E-state index in [1.165, 1.54) is 0 Å². The van der Waals surface area contributed by atoms with Crippen LogP contribution in [0.1, 0.15) is 22.3 Å². The Labute approximate surface area is 167 Å². The minimum Gasteiger partial charge on any atom is -0.669 e. The van der Waals surface area contributed by atoms with Crippen LogP contribution in [0.25, 0.3) is 0 Å². The number of benzene rings is 1. The molecule has 0 radical (unpaired) electrons. The first kappa shape index (κ1) is 20.0. The molecule has 1 aromatic carbocycles. The molecule has 1 aromatic rings. The van der Waals surface area contributed by atoms with Gasteiger partial charge in [0.1, 0.15) is 17.4 Å². The smallest absolute Gasteiger partial charge is 0.430 e. The zero-order chi connectivity index (χ0) is 20.6. The number of hydrogen-bond acceptors (Lipinski definition) is 8. The second-order valence-electron chi connectivity index (χ2n) is 7.84. The summed E-state index contributed by atoms with van der Waals surface area (Å²) in [5.74, 6) is -1.20. The number of fused-ring (bicyclic) bond motifs is 1. The third-order valence-corrected chi connectivity index (χ3v) is 5.55. The Balaban J connectivity index is 1.39. The van der Waals surface area contributed by atoms with Crippen molar-refractivity contribution in [3.8, 4) is 11.5 Å². The summed E-state index contributed by atoms with van der Waals surface area (Å²) in [6, 6.07) is 3.35. The van der Waals surface area contributed by atoms with Crippen LogP contribution in [-0.4, -0.2) is 83.6 Å². The van der Waals surface area contributed by atoms with Crippen molar-refractivity contribution in [3.05, 3.63) is 23.3 Å². The number of carboxylic acids is 1. The number of piperazine rings is 1. The number of hydrogen-bond donors (Lipinski definition) is 5. The van der Waals surface area contributed by atoms with Gasteiger partial charge in [-0.05, 0) is 18.1 Å². The van der Waals surface area contributed by atoms with E-state index in [2.05, 4.69) is 10.6 Å². The fourth-order valence-corrected chi connectivity index (χ4v) is 3.92. The highest BCUT2D eigenvalue weighted by Gasteiger charge is 2.36. The minimum absolute atomic E-state index is 0.0112.